The van der Waals surface area contributed by atoms with Crippen LogP contribution in [-0.4, -0.2) is 76.1 Å². The number of H-pyrrole nitrogens is 1. The van der Waals surface area contributed by atoms with Crippen molar-refractivity contribution in [3.05, 3.63) is 53.5 Å². The fourth-order valence-corrected chi connectivity index (χ4v) is 4.99. The molecule has 5 rings (SSSR count). The molecule has 10 heteroatoms. The average molecular weight is 478 g/mol. The van der Waals surface area contributed by atoms with Gasteiger partial charge in [-0.05, 0) is 49.1 Å². The smallest absolute Gasteiger partial charge is 0.378 e. The first kappa shape index (κ1) is 21.8. The van der Waals surface area contributed by atoms with Crippen LogP contribution in [0.15, 0.2) is 36.7 Å². The minimum absolute atomic E-state index is 0.207. The highest BCUT2D eigenvalue weighted by atomic mass is 19.4. The maximum Gasteiger partial charge on any atom is 0.401 e. The van der Waals surface area contributed by atoms with Crippen LogP contribution in [-0.2, 0) is 6.42 Å². The number of benzene rings is 1. The van der Waals surface area contributed by atoms with Crippen LogP contribution in [0.2, 0.25) is 0 Å². The molecule has 2 N–H and O–H groups in total. The number of aromatic amines is 1. The summed E-state index contributed by atoms with van der Waals surface area (Å²) in [5.41, 5.74) is 3.08. The van der Waals surface area contributed by atoms with Crippen LogP contribution in [0.1, 0.15) is 37.6 Å². The van der Waals surface area contributed by atoms with Crippen LogP contribution in [0.5, 0.6) is 0 Å². The highest BCUT2D eigenvalue weighted by Gasteiger charge is 2.41. The van der Waals surface area contributed by atoms with Crippen molar-refractivity contribution >= 4 is 16.6 Å². The molecule has 0 radical (unpaired) electrons. The number of hydrogen-bond acceptors (Lipinski definition) is 5. The Kier molecular flexibility index (Phi) is 5.86. The SMILES string of the molecule is [2H][C@@]1(c2ccc(NC3CN(CCCF)C3)cn2)c2ccc3[nH]ncc3c2C[C@@H](C)N1CC(F)(F)F. The van der Waals surface area contributed by atoms with E-state index >= 15 is 0 Å². The number of nitrogens with zero attached hydrogens (tertiary/aromatic N) is 4. The van der Waals surface area contributed by atoms with E-state index in [9.17, 15) is 18.9 Å². The minimum atomic E-state index is -4.46. The lowest BCUT2D eigenvalue weighted by atomic mass is 9.85. The second-order valence-corrected chi connectivity index (χ2v) is 9.14. The lowest BCUT2D eigenvalue weighted by Gasteiger charge is -2.42. The third-order valence-electron chi connectivity index (χ3n) is 6.60. The largest absolute Gasteiger partial charge is 0.401 e. The van der Waals surface area contributed by atoms with Crippen LogP contribution in [0.4, 0.5) is 23.2 Å². The number of aromatic nitrogens is 3. The second-order valence-electron chi connectivity index (χ2n) is 9.14. The number of alkyl halides is 4. The molecule has 0 bridgehead atoms. The Hall–Kier alpha value is -2.72. The molecule has 2 atom stereocenters. The molecule has 0 unspecified atom stereocenters. The zero-order valence-corrected chi connectivity index (χ0v) is 18.9. The third-order valence-corrected chi connectivity index (χ3v) is 6.60. The second kappa shape index (κ2) is 9.14. The topological polar surface area (TPSA) is 60.1 Å². The van der Waals surface area contributed by atoms with Crippen molar-refractivity contribution in [2.45, 2.75) is 44.0 Å². The van der Waals surface area contributed by atoms with E-state index in [1.807, 2.05) is 0 Å². The van der Waals surface area contributed by atoms with E-state index < -0.39 is 24.8 Å². The molecule has 1 aromatic carbocycles. The van der Waals surface area contributed by atoms with Gasteiger partial charge in [-0.1, -0.05) is 6.07 Å². The standard InChI is InChI=1S/C24H28F4N6/c1-15-9-19-18(4-6-21-20(19)11-30-32-21)23(34(15)14-24(26,27)28)22-5-3-16(10-29-22)31-17-12-33(13-17)8-2-7-25/h3-6,10-11,15,17,23,31H,2,7-9,12-14H2,1H3,(H,30,32)/t15-,23+/m1/s1/i23D. The highest BCUT2D eigenvalue weighted by molar-refractivity contribution is 5.83. The molecule has 3 aromatic rings. The van der Waals surface area contributed by atoms with Gasteiger partial charge in [-0.25, -0.2) is 0 Å². The molecule has 0 aliphatic carbocycles. The Labute approximate surface area is 196 Å². The molecule has 2 aliphatic heterocycles. The minimum Gasteiger partial charge on any atom is -0.378 e. The number of fused-ring (bicyclic) bond motifs is 3. The number of pyridine rings is 1. The van der Waals surface area contributed by atoms with Crippen LogP contribution in [0.3, 0.4) is 0 Å². The molecule has 2 aliphatic rings. The normalized spacial score (nSPS) is 24.6. The van der Waals surface area contributed by atoms with Crippen LogP contribution >= 0.6 is 0 Å². The Bertz CT molecular complexity index is 1180. The van der Waals surface area contributed by atoms with E-state index in [2.05, 4.69) is 25.4 Å². The summed E-state index contributed by atoms with van der Waals surface area (Å²) in [6, 6.07) is 4.74. The molecule has 2 aromatic heterocycles. The summed E-state index contributed by atoms with van der Waals surface area (Å²) >= 11 is 0. The maximum absolute atomic E-state index is 13.6. The molecule has 0 saturated carbocycles. The lowest BCUT2D eigenvalue weighted by molar-refractivity contribution is -0.155. The van der Waals surface area contributed by atoms with Crippen molar-refractivity contribution in [3.8, 4) is 0 Å². The fourth-order valence-electron chi connectivity index (χ4n) is 4.99. The van der Waals surface area contributed by atoms with Gasteiger partial charge in [-0.15, -0.1) is 0 Å². The molecular formula is C24H28F4N6. The zero-order valence-electron chi connectivity index (χ0n) is 19.9. The highest BCUT2D eigenvalue weighted by Crippen LogP contribution is 2.41. The predicted octanol–water partition coefficient (Wildman–Crippen LogP) is 4.31. The molecule has 34 heavy (non-hydrogen) atoms. The molecule has 6 nitrogen and oxygen atoms in total. The van der Waals surface area contributed by atoms with E-state index in [0.29, 0.717) is 18.4 Å². The number of rotatable bonds is 7. The summed E-state index contributed by atoms with van der Waals surface area (Å²) in [4.78, 5) is 7.83. The molecule has 0 amide bonds. The number of hydrogen-bond donors (Lipinski definition) is 2. The number of nitrogens with one attached hydrogen (secondary N) is 2. The van der Waals surface area contributed by atoms with E-state index in [1.54, 1.807) is 43.6 Å². The zero-order chi connectivity index (χ0) is 24.8. The van der Waals surface area contributed by atoms with E-state index in [4.69, 9.17) is 0 Å². The summed E-state index contributed by atoms with van der Waals surface area (Å²) in [7, 11) is 0. The Balaban J connectivity index is 1.46. The van der Waals surface area contributed by atoms with Gasteiger partial charge in [-0.3, -0.25) is 24.3 Å². The first-order valence-corrected chi connectivity index (χ1v) is 11.5. The monoisotopic (exact) mass is 477 g/mol. The van der Waals surface area contributed by atoms with Gasteiger partial charge >= 0.3 is 6.18 Å². The van der Waals surface area contributed by atoms with E-state index in [0.717, 1.165) is 41.8 Å². The third kappa shape index (κ3) is 4.61. The summed E-state index contributed by atoms with van der Waals surface area (Å²) < 4.78 is 62.7. The Morgan fingerprint density at radius 2 is 2.03 bits per heavy atom. The Morgan fingerprint density at radius 3 is 2.74 bits per heavy atom. The van der Waals surface area contributed by atoms with E-state index in [1.165, 1.54) is 4.90 Å². The average Bonchev–Trinajstić information content (AvgIpc) is 3.27. The van der Waals surface area contributed by atoms with Crippen LogP contribution in [0, 0.1) is 0 Å². The van der Waals surface area contributed by atoms with Crippen molar-refractivity contribution < 1.29 is 18.9 Å². The van der Waals surface area contributed by atoms with Gasteiger partial charge in [0.05, 0.1) is 55.9 Å². The number of anilines is 1. The van der Waals surface area contributed by atoms with Gasteiger partial charge in [-0.2, -0.15) is 18.3 Å². The quantitative estimate of drug-likeness (QED) is 0.497. The maximum atomic E-state index is 13.6. The summed E-state index contributed by atoms with van der Waals surface area (Å²) in [6.07, 6.45) is -0.317. The molecule has 4 heterocycles. The van der Waals surface area contributed by atoms with Gasteiger partial charge < -0.3 is 5.32 Å². The molecule has 1 fully saturated rings. The first-order chi connectivity index (χ1) is 16.7. The van der Waals surface area contributed by atoms with Crippen LogP contribution in [0.25, 0.3) is 10.9 Å². The number of likely N-dealkylation sites (tertiary alicyclic amines) is 1. The predicted molar refractivity (Wildman–Crippen MR) is 123 cm³/mol. The fraction of sp³-hybridized carbons (Fsp3) is 0.500. The van der Waals surface area contributed by atoms with Crippen molar-refractivity contribution in [3.63, 3.8) is 0 Å². The van der Waals surface area contributed by atoms with Gasteiger partial charge in [0.2, 0.25) is 0 Å². The molecule has 182 valence electrons. The lowest BCUT2D eigenvalue weighted by Crippen LogP contribution is -2.54. The summed E-state index contributed by atoms with van der Waals surface area (Å²) in [5.74, 6) is 0. The summed E-state index contributed by atoms with van der Waals surface area (Å²) in [5, 5.41) is 11.2. The molecule has 0 spiro atoms. The van der Waals surface area contributed by atoms with Gasteiger partial charge in [0.15, 0.2) is 0 Å². The van der Waals surface area contributed by atoms with Crippen molar-refractivity contribution in [1.29, 1.82) is 0 Å². The molecular weight excluding hydrogens is 448 g/mol. The molecule has 1 saturated heterocycles. The van der Waals surface area contributed by atoms with Crippen molar-refractivity contribution in [1.82, 2.24) is 25.0 Å². The van der Waals surface area contributed by atoms with Crippen molar-refractivity contribution in [2.24, 2.45) is 0 Å². The van der Waals surface area contributed by atoms with Gasteiger partial charge in [0, 0.05) is 31.1 Å². The van der Waals surface area contributed by atoms with Gasteiger partial charge in [0.25, 0.3) is 0 Å². The van der Waals surface area contributed by atoms with E-state index in [-0.39, 0.29) is 18.4 Å². The summed E-state index contributed by atoms with van der Waals surface area (Å²) in [6.45, 7) is 2.51. The number of halogens is 4. The van der Waals surface area contributed by atoms with Crippen LogP contribution < -0.4 is 5.32 Å². The Morgan fingerprint density at radius 1 is 1.21 bits per heavy atom. The van der Waals surface area contributed by atoms with Gasteiger partial charge in [0.1, 0.15) is 0 Å². The van der Waals surface area contributed by atoms with Crippen molar-refractivity contribution in [2.75, 3.05) is 38.2 Å². The first-order valence-electron chi connectivity index (χ1n) is 12.0.